The number of aryl methyl sites for hydroxylation is 1. The summed E-state index contributed by atoms with van der Waals surface area (Å²) in [5, 5.41) is 0.593. The van der Waals surface area contributed by atoms with Crippen molar-refractivity contribution in [2.24, 2.45) is 5.92 Å². The molecule has 2 aromatic carbocycles. The minimum Gasteiger partial charge on any atom is -0.332 e. The van der Waals surface area contributed by atoms with Gasteiger partial charge in [-0.2, -0.15) is 0 Å². The SMILES string of the molecule is CCCN(C(=O)C1CCCC1)C(CC)c1nc2ccccc2c(=O)n1-c1ccc(C)cc1. The normalized spacial score (nSPS) is 15.2. The third-order valence-corrected chi connectivity index (χ3v) is 6.61. The van der Waals surface area contributed by atoms with Crippen LogP contribution in [0.2, 0.25) is 0 Å². The first-order chi connectivity index (χ1) is 15.5. The summed E-state index contributed by atoms with van der Waals surface area (Å²) in [7, 11) is 0. The van der Waals surface area contributed by atoms with E-state index in [1.807, 2.05) is 60.4 Å². The minimum absolute atomic E-state index is 0.0855. The number of para-hydroxylation sites is 1. The molecule has 3 aromatic rings. The number of fused-ring (bicyclic) bond motifs is 1. The summed E-state index contributed by atoms with van der Waals surface area (Å²) >= 11 is 0. The molecule has 1 aliphatic carbocycles. The predicted octanol–water partition coefficient (Wildman–Crippen LogP) is 5.57. The minimum atomic E-state index is -0.248. The van der Waals surface area contributed by atoms with Gasteiger partial charge in [-0.1, -0.05) is 56.5 Å². The van der Waals surface area contributed by atoms with Crippen LogP contribution in [0.5, 0.6) is 0 Å². The van der Waals surface area contributed by atoms with E-state index in [-0.39, 0.29) is 23.4 Å². The van der Waals surface area contributed by atoms with Gasteiger partial charge in [-0.05, 0) is 56.9 Å². The average molecular weight is 432 g/mol. The second-order valence-corrected chi connectivity index (χ2v) is 8.90. The van der Waals surface area contributed by atoms with E-state index in [2.05, 4.69) is 13.8 Å². The number of nitrogens with zero attached hydrogens (tertiary/aromatic N) is 3. The highest BCUT2D eigenvalue weighted by Gasteiger charge is 2.33. The fourth-order valence-corrected chi connectivity index (χ4v) is 4.93. The Morgan fingerprint density at radius 3 is 2.44 bits per heavy atom. The van der Waals surface area contributed by atoms with Crippen LogP contribution < -0.4 is 5.56 Å². The second-order valence-electron chi connectivity index (χ2n) is 8.90. The topological polar surface area (TPSA) is 55.2 Å². The second kappa shape index (κ2) is 9.68. The summed E-state index contributed by atoms with van der Waals surface area (Å²) in [4.78, 5) is 34.2. The number of amides is 1. The van der Waals surface area contributed by atoms with Crippen molar-refractivity contribution in [3.8, 4) is 5.69 Å². The van der Waals surface area contributed by atoms with Gasteiger partial charge >= 0.3 is 0 Å². The number of rotatable bonds is 7. The van der Waals surface area contributed by atoms with E-state index in [1.165, 1.54) is 0 Å². The van der Waals surface area contributed by atoms with Crippen molar-refractivity contribution in [2.45, 2.75) is 65.3 Å². The first kappa shape index (κ1) is 22.3. The highest BCUT2D eigenvalue weighted by atomic mass is 16.2. The van der Waals surface area contributed by atoms with Crippen molar-refractivity contribution >= 4 is 16.8 Å². The van der Waals surface area contributed by atoms with Crippen LogP contribution in [-0.4, -0.2) is 26.9 Å². The Hall–Kier alpha value is -2.95. The van der Waals surface area contributed by atoms with Gasteiger partial charge in [0, 0.05) is 12.5 Å². The van der Waals surface area contributed by atoms with E-state index < -0.39 is 0 Å². The van der Waals surface area contributed by atoms with Crippen molar-refractivity contribution in [3.05, 3.63) is 70.3 Å². The van der Waals surface area contributed by atoms with E-state index in [9.17, 15) is 9.59 Å². The Balaban J connectivity index is 1.91. The first-order valence-corrected chi connectivity index (χ1v) is 11.9. The largest absolute Gasteiger partial charge is 0.332 e. The van der Waals surface area contributed by atoms with Gasteiger partial charge in [0.15, 0.2) is 0 Å². The molecule has 1 fully saturated rings. The quantitative estimate of drug-likeness (QED) is 0.491. The number of hydrogen-bond donors (Lipinski definition) is 0. The maximum atomic E-state index is 13.7. The van der Waals surface area contributed by atoms with Gasteiger partial charge in [0.05, 0.1) is 22.6 Å². The van der Waals surface area contributed by atoms with E-state index in [1.54, 1.807) is 4.57 Å². The van der Waals surface area contributed by atoms with E-state index in [0.29, 0.717) is 29.7 Å². The first-order valence-electron chi connectivity index (χ1n) is 11.9. The number of hydrogen-bond acceptors (Lipinski definition) is 3. The van der Waals surface area contributed by atoms with Crippen molar-refractivity contribution in [1.29, 1.82) is 0 Å². The molecule has 32 heavy (non-hydrogen) atoms. The lowest BCUT2D eigenvalue weighted by molar-refractivity contribution is -0.138. The van der Waals surface area contributed by atoms with Gasteiger partial charge in [-0.25, -0.2) is 4.98 Å². The molecule has 0 spiro atoms. The molecule has 0 saturated heterocycles. The van der Waals surface area contributed by atoms with Crippen LogP contribution >= 0.6 is 0 Å². The summed E-state index contributed by atoms with van der Waals surface area (Å²) in [6.07, 6.45) is 5.74. The summed E-state index contributed by atoms with van der Waals surface area (Å²) in [6.45, 7) is 6.88. The summed E-state index contributed by atoms with van der Waals surface area (Å²) < 4.78 is 1.72. The molecule has 1 amide bonds. The molecule has 168 valence electrons. The average Bonchev–Trinajstić information content (AvgIpc) is 3.35. The molecule has 1 heterocycles. The number of carbonyl (C=O) groups excluding carboxylic acids is 1. The van der Waals surface area contributed by atoms with Crippen LogP contribution in [0.1, 0.15) is 69.8 Å². The molecule has 5 heteroatoms. The van der Waals surface area contributed by atoms with Gasteiger partial charge in [0.2, 0.25) is 5.91 Å². The van der Waals surface area contributed by atoms with Gasteiger partial charge in [0.25, 0.3) is 5.56 Å². The Morgan fingerprint density at radius 2 is 1.78 bits per heavy atom. The zero-order valence-electron chi connectivity index (χ0n) is 19.4. The van der Waals surface area contributed by atoms with Crippen LogP contribution in [0.25, 0.3) is 16.6 Å². The summed E-state index contributed by atoms with van der Waals surface area (Å²) in [5.74, 6) is 0.963. The molecule has 1 unspecified atom stereocenters. The lowest BCUT2D eigenvalue weighted by atomic mass is 10.0. The molecule has 1 aliphatic rings. The third-order valence-electron chi connectivity index (χ3n) is 6.61. The monoisotopic (exact) mass is 431 g/mol. The molecular weight excluding hydrogens is 398 g/mol. The summed E-state index contributed by atoms with van der Waals surface area (Å²) in [5.41, 5.74) is 2.52. The van der Waals surface area contributed by atoms with Crippen molar-refractivity contribution in [2.75, 3.05) is 6.54 Å². The zero-order chi connectivity index (χ0) is 22.7. The number of carbonyl (C=O) groups is 1. The molecule has 0 aliphatic heterocycles. The smallest absolute Gasteiger partial charge is 0.266 e. The standard InChI is InChI=1S/C27H33N3O2/c1-4-18-29(26(31)20-10-6-7-11-20)24(5-2)25-28-23-13-9-8-12-22(23)27(32)30(25)21-16-14-19(3)15-17-21/h8-9,12-17,20,24H,4-7,10-11,18H2,1-3H3. The highest BCUT2D eigenvalue weighted by Crippen LogP contribution is 2.32. The van der Waals surface area contributed by atoms with Crippen LogP contribution in [0.4, 0.5) is 0 Å². The van der Waals surface area contributed by atoms with Gasteiger partial charge in [-0.3, -0.25) is 14.2 Å². The zero-order valence-corrected chi connectivity index (χ0v) is 19.4. The molecule has 1 atom stereocenters. The third kappa shape index (κ3) is 4.21. The lowest BCUT2D eigenvalue weighted by Crippen LogP contribution is -2.41. The predicted molar refractivity (Wildman–Crippen MR) is 129 cm³/mol. The van der Waals surface area contributed by atoms with Gasteiger partial charge in [-0.15, -0.1) is 0 Å². The van der Waals surface area contributed by atoms with Crippen molar-refractivity contribution < 1.29 is 4.79 Å². The Morgan fingerprint density at radius 1 is 1.09 bits per heavy atom. The Labute approximate surface area is 190 Å². The molecule has 1 saturated carbocycles. The van der Waals surface area contributed by atoms with Crippen molar-refractivity contribution in [3.63, 3.8) is 0 Å². The lowest BCUT2D eigenvalue weighted by Gasteiger charge is -2.34. The van der Waals surface area contributed by atoms with Crippen LogP contribution in [0.15, 0.2) is 53.3 Å². The van der Waals surface area contributed by atoms with Crippen LogP contribution in [0, 0.1) is 12.8 Å². The van der Waals surface area contributed by atoms with Gasteiger partial charge in [0.1, 0.15) is 5.82 Å². The maximum absolute atomic E-state index is 13.7. The maximum Gasteiger partial charge on any atom is 0.266 e. The molecular formula is C27H33N3O2. The summed E-state index contributed by atoms with van der Waals surface area (Å²) in [6, 6.07) is 15.2. The molecule has 4 rings (SSSR count). The van der Waals surface area contributed by atoms with E-state index >= 15 is 0 Å². The van der Waals surface area contributed by atoms with Crippen molar-refractivity contribution in [1.82, 2.24) is 14.5 Å². The van der Waals surface area contributed by atoms with Gasteiger partial charge < -0.3 is 4.90 Å². The van der Waals surface area contributed by atoms with E-state index in [4.69, 9.17) is 4.98 Å². The number of benzene rings is 2. The molecule has 5 nitrogen and oxygen atoms in total. The fourth-order valence-electron chi connectivity index (χ4n) is 4.93. The van der Waals surface area contributed by atoms with Crippen LogP contribution in [-0.2, 0) is 4.79 Å². The molecule has 0 N–H and O–H groups in total. The fraction of sp³-hybridized carbons (Fsp3) is 0.444. The highest BCUT2D eigenvalue weighted by molar-refractivity contribution is 5.80. The number of aromatic nitrogens is 2. The Kier molecular flexibility index (Phi) is 6.73. The van der Waals surface area contributed by atoms with Crippen LogP contribution in [0.3, 0.4) is 0 Å². The van der Waals surface area contributed by atoms with E-state index in [0.717, 1.165) is 43.4 Å². The molecule has 0 radical (unpaired) electrons. The Bertz CT molecular complexity index is 1140. The molecule has 0 bridgehead atoms. The molecule has 1 aromatic heterocycles.